The van der Waals surface area contributed by atoms with E-state index in [0.29, 0.717) is 18.9 Å². The molecule has 0 radical (unpaired) electrons. The van der Waals surface area contributed by atoms with Crippen LogP contribution in [0.15, 0.2) is 12.2 Å². The lowest BCUT2D eigenvalue weighted by molar-refractivity contribution is -0.144. The molecular weight excluding hydrogens is 152 g/mol. The van der Waals surface area contributed by atoms with Gasteiger partial charge in [-0.2, -0.15) is 0 Å². The van der Waals surface area contributed by atoms with Gasteiger partial charge in [-0.05, 0) is 25.2 Å². The number of rotatable bonds is 4. The molecule has 2 nitrogen and oxygen atoms in total. The van der Waals surface area contributed by atoms with Gasteiger partial charge in [0.05, 0.1) is 13.0 Å². The predicted molar refractivity (Wildman–Crippen MR) is 47.7 cm³/mol. The van der Waals surface area contributed by atoms with Gasteiger partial charge in [-0.25, -0.2) is 0 Å². The van der Waals surface area contributed by atoms with E-state index in [9.17, 15) is 4.79 Å². The van der Waals surface area contributed by atoms with E-state index in [4.69, 9.17) is 4.74 Å². The van der Waals surface area contributed by atoms with Crippen molar-refractivity contribution in [2.24, 2.45) is 5.92 Å². The van der Waals surface area contributed by atoms with Gasteiger partial charge < -0.3 is 4.74 Å². The first-order valence-electron chi connectivity index (χ1n) is 4.65. The van der Waals surface area contributed by atoms with E-state index in [1.165, 1.54) is 0 Å². The Morgan fingerprint density at radius 2 is 2.50 bits per heavy atom. The third-order valence-electron chi connectivity index (χ3n) is 2.01. The van der Waals surface area contributed by atoms with Gasteiger partial charge in [-0.1, -0.05) is 19.1 Å². The summed E-state index contributed by atoms with van der Waals surface area (Å²) in [7, 11) is 0. The number of esters is 1. The zero-order valence-electron chi connectivity index (χ0n) is 7.58. The first kappa shape index (κ1) is 9.30. The van der Waals surface area contributed by atoms with Crippen LogP contribution in [-0.4, -0.2) is 12.6 Å². The maximum atomic E-state index is 11.1. The minimum atomic E-state index is -0.0478. The molecule has 0 saturated heterocycles. The summed E-state index contributed by atoms with van der Waals surface area (Å²) in [5, 5.41) is 0. The van der Waals surface area contributed by atoms with Crippen molar-refractivity contribution in [1.29, 1.82) is 0 Å². The van der Waals surface area contributed by atoms with Crippen molar-refractivity contribution in [2.75, 3.05) is 6.61 Å². The monoisotopic (exact) mass is 168 g/mol. The molecule has 0 aromatic heterocycles. The van der Waals surface area contributed by atoms with Gasteiger partial charge in [-0.15, -0.1) is 0 Å². The number of carbonyl (C=O) groups excluding carboxylic acids is 1. The van der Waals surface area contributed by atoms with E-state index < -0.39 is 0 Å². The molecule has 0 aromatic carbocycles. The van der Waals surface area contributed by atoms with Crippen LogP contribution < -0.4 is 0 Å². The van der Waals surface area contributed by atoms with Gasteiger partial charge in [0.2, 0.25) is 0 Å². The smallest absolute Gasteiger partial charge is 0.306 e. The van der Waals surface area contributed by atoms with Crippen LogP contribution in [0.4, 0.5) is 0 Å². The molecule has 0 bridgehead atoms. The fourth-order valence-corrected chi connectivity index (χ4v) is 1.35. The molecule has 0 aliphatic heterocycles. The zero-order chi connectivity index (χ0) is 8.81. The number of carbonyl (C=O) groups is 1. The Hall–Kier alpha value is -0.790. The Labute approximate surface area is 73.6 Å². The van der Waals surface area contributed by atoms with E-state index in [1.54, 1.807) is 0 Å². The second-order valence-corrected chi connectivity index (χ2v) is 3.19. The van der Waals surface area contributed by atoms with E-state index in [-0.39, 0.29) is 5.97 Å². The number of hydrogen-bond donors (Lipinski definition) is 0. The minimum absolute atomic E-state index is 0.0478. The molecule has 1 atom stereocenters. The summed E-state index contributed by atoms with van der Waals surface area (Å²) in [6.07, 6.45) is 7.96. The summed E-state index contributed by atoms with van der Waals surface area (Å²) in [4.78, 5) is 11.1. The second-order valence-electron chi connectivity index (χ2n) is 3.19. The van der Waals surface area contributed by atoms with Crippen LogP contribution in [-0.2, 0) is 9.53 Å². The Morgan fingerprint density at radius 1 is 1.67 bits per heavy atom. The van der Waals surface area contributed by atoms with Crippen LogP contribution in [0, 0.1) is 5.92 Å². The van der Waals surface area contributed by atoms with Gasteiger partial charge >= 0.3 is 5.97 Å². The molecule has 0 heterocycles. The van der Waals surface area contributed by atoms with Crippen molar-refractivity contribution < 1.29 is 9.53 Å². The van der Waals surface area contributed by atoms with Crippen molar-refractivity contribution >= 4 is 5.97 Å². The average molecular weight is 168 g/mol. The molecule has 0 amide bonds. The molecule has 1 unspecified atom stereocenters. The standard InChI is InChI=1S/C10H16O2/c1-2-7-12-10(11)8-9-5-3-4-6-9/h3,5,9H,2,4,6-8H2,1H3. The average Bonchev–Trinajstić information content (AvgIpc) is 2.53. The number of hydrogen-bond acceptors (Lipinski definition) is 2. The normalized spacial score (nSPS) is 21.2. The van der Waals surface area contributed by atoms with Gasteiger partial charge in [-0.3, -0.25) is 4.79 Å². The third kappa shape index (κ3) is 3.07. The molecule has 12 heavy (non-hydrogen) atoms. The van der Waals surface area contributed by atoms with Gasteiger partial charge in [0.25, 0.3) is 0 Å². The zero-order valence-corrected chi connectivity index (χ0v) is 7.58. The molecule has 0 spiro atoms. The van der Waals surface area contributed by atoms with Crippen LogP contribution in [0.5, 0.6) is 0 Å². The summed E-state index contributed by atoms with van der Waals surface area (Å²) in [5.41, 5.74) is 0. The highest BCUT2D eigenvalue weighted by Gasteiger charge is 2.14. The fraction of sp³-hybridized carbons (Fsp3) is 0.700. The Bertz CT molecular complexity index is 173. The fourth-order valence-electron chi connectivity index (χ4n) is 1.35. The third-order valence-corrected chi connectivity index (χ3v) is 2.01. The molecule has 0 saturated carbocycles. The summed E-state index contributed by atoms with van der Waals surface area (Å²) >= 11 is 0. The van der Waals surface area contributed by atoms with Crippen molar-refractivity contribution in [3.63, 3.8) is 0 Å². The summed E-state index contributed by atoms with van der Waals surface area (Å²) in [6, 6.07) is 0. The number of ether oxygens (including phenoxy) is 1. The molecule has 0 fully saturated rings. The lowest BCUT2D eigenvalue weighted by atomic mass is 10.1. The number of allylic oxidation sites excluding steroid dienone is 2. The minimum Gasteiger partial charge on any atom is -0.466 e. The molecule has 0 aromatic rings. The predicted octanol–water partition coefficient (Wildman–Crippen LogP) is 2.30. The van der Waals surface area contributed by atoms with Gasteiger partial charge in [0.15, 0.2) is 0 Å². The van der Waals surface area contributed by atoms with E-state index in [2.05, 4.69) is 12.2 Å². The van der Waals surface area contributed by atoms with Crippen molar-refractivity contribution in [3.8, 4) is 0 Å². The second kappa shape index (κ2) is 4.96. The van der Waals surface area contributed by atoms with Crippen LogP contribution in [0.25, 0.3) is 0 Å². The van der Waals surface area contributed by atoms with Crippen LogP contribution in [0.1, 0.15) is 32.6 Å². The molecule has 1 rings (SSSR count). The first-order valence-corrected chi connectivity index (χ1v) is 4.65. The maximum absolute atomic E-state index is 11.1. The van der Waals surface area contributed by atoms with Crippen molar-refractivity contribution in [1.82, 2.24) is 0 Å². The van der Waals surface area contributed by atoms with Crippen molar-refractivity contribution in [2.45, 2.75) is 32.6 Å². The van der Waals surface area contributed by atoms with Gasteiger partial charge in [0, 0.05) is 0 Å². The highest BCUT2D eigenvalue weighted by Crippen LogP contribution is 2.20. The summed E-state index contributed by atoms with van der Waals surface area (Å²) in [6.45, 7) is 2.57. The lowest BCUT2D eigenvalue weighted by Gasteiger charge is -2.06. The molecular formula is C10H16O2. The Balaban J connectivity index is 2.12. The molecule has 2 heteroatoms. The Morgan fingerprint density at radius 3 is 3.08 bits per heavy atom. The van der Waals surface area contributed by atoms with Crippen molar-refractivity contribution in [3.05, 3.63) is 12.2 Å². The van der Waals surface area contributed by atoms with E-state index in [1.807, 2.05) is 6.92 Å². The topological polar surface area (TPSA) is 26.3 Å². The molecule has 1 aliphatic carbocycles. The maximum Gasteiger partial charge on any atom is 0.306 e. The van der Waals surface area contributed by atoms with Crippen LogP contribution >= 0.6 is 0 Å². The van der Waals surface area contributed by atoms with E-state index >= 15 is 0 Å². The summed E-state index contributed by atoms with van der Waals surface area (Å²) < 4.78 is 4.98. The molecule has 1 aliphatic rings. The summed E-state index contributed by atoms with van der Waals surface area (Å²) in [5.74, 6) is 0.391. The highest BCUT2D eigenvalue weighted by atomic mass is 16.5. The van der Waals surface area contributed by atoms with Crippen LogP contribution in [0.3, 0.4) is 0 Å². The van der Waals surface area contributed by atoms with Gasteiger partial charge in [0.1, 0.15) is 0 Å². The molecule has 0 N–H and O–H groups in total. The highest BCUT2D eigenvalue weighted by molar-refractivity contribution is 5.70. The largest absolute Gasteiger partial charge is 0.466 e. The molecule has 68 valence electrons. The van der Waals surface area contributed by atoms with E-state index in [0.717, 1.165) is 19.3 Å². The SMILES string of the molecule is CCCOC(=O)CC1C=CCC1. The first-order chi connectivity index (χ1) is 5.83. The lowest BCUT2D eigenvalue weighted by Crippen LogP contribution is -2.09. The van der Waals surface area contributed by atoms with Crippen LogP contribution in [0.2, 0.25) is 0 Å². The Kier molecular flexibility index (Phi) is 3.85. The quantitative estimate of drug-likeness (QED) is 0.475.